The molecule has 0 aromatic heterocycles. The van der Waals surface area contributed by atoms with Gasteiger partial charge in [-0.15, -0.1) is 6.42 Å². The first kappa shape index (κ1) is 14.7. The van der Waals surface area contributed by atoms with Gasteiger partial charge >= 0.3 is 6.03 Å². The number of urea groups is 1. The summed E-state index contributed by atoms with van der Waals surface area (Å²) < 4.78 is 19.1. The number of halogens is 1. The number of benzene rings is 1. The number of nitrogens with one attached hydrogen (secondary N) is 1. The van der Waals surface area contributed by atoms with Crippen LogP contribution >= 0.6 is 0 Å². The second-order valence-electron chi connectivity index (χ2n) is 4.60. The lowest BCUT2D eigenvalue weighted by Gasteiger charge is -2.28. The van der Waals surface area contributed by atoms with Gasteiger partial charge in [0.25, 0.3) is 5.91 Å². The molecule has 0 saturated carbocycles. The van der Waals surface area contributed by atoms with Gasteiger partial charge in [-0.2, -0.15) is 0 Å². The molecule has 0 unspecified atom stereocenters. The van der Waals surface area contributed by atoms with Crippen LogP contribution in [0.25, 0.3) is 0 Å². The van der Waals surface area contributed by atoms with E-state index in [1.54, 1.807) is 0 Å². The van der Waals surface area contributed by atoms with Crippen LogP contribution in [0.15, 0.2) is 12.1 Å². The summed E-state index contributed by atoms with van der Waals surface area (Å²) in [7, 11) is 3.06. The molecule has 0 spiro atoms. The Balaban J connectivity index is 2.41. The van der Waals surface area contributed by atoms with Gasteiger partial charge in [0.1, 0.15) is 5.75 Å². The van der Waals surface area contributed by atoms with Crippen LogP contribution in [0, 0.1) is 18.2 Å². The summed E-state index contributed by atoms with van der Waals surface area (Å²) >= 11 is 0. The highest BCUT2D eigenvalue weighted by Crippen LogP contribution is 2.36. The third-order valence-corrected chi connectivity index (χ3v) is 2.89. The highest BCUT2D eigenvalue weighted by atomic mass is 19.1. The van der Waals surface area contributed by atoms with E-state index in [4.69, 9.17) is 11.2 Å². The van der Waals surface area contributed by atoms with Crippen molar-refractivity contribution in [2.75, 3.05) is 37.5 Å². The molecule has 1 aromatic carbocycles. The lowest BCUT2D eigenvalue weighted by molar-refractivity contribution is -0.121. The highest BCUT2D eigenvalue weighted by Gasteiger charge is 2.27. The first-order valence-electron chi connectivity index (χ1n) is 6.12. The second-order valence-corrected chi connectivity index (χ2v) is 4.60. The van der Waals surface area contributed by atoms with Gasteiger partial charge in [0, 0.05) is 20.2 Å². The van der Waals surface area contributed by atoms with Crippen molar-refractivity contribution < 1.29 is 18.7 Å². The van der Waals surface area contributed by atoms with E-state index in [0.29, 0.717) is 5.69 Å². The smallest absolute Gasteiger partial charge is 0.321 e. The largest absolute Gasteiger partial charge is 0.481 e. The summed E-state index contributed by atoms with van der Waals surface area (Å²) in [5, 5.41) is 2.40. The molecular weight excluding hydrogens is 277 g/mol. The summed E-state index contributed by atoms with van der Waals surface area (Å²) in [6.07, 6.45) is 5.23. The maximum Gasteiger partial charge on any atom is 0.321 e. The van der Waals surface area contributed by atoms with E-state index < -0.39 is 11.8 Å². The normalized spacial score (nSPS) is 13.0. The summed E-state index contributed by atoms with van der Waals surface area (Å²) in [5.41, 5.74) is 0.285. The molecule has 0 fully saturated rings. The first-order valence-corrected chi connectivity index (χ1v) is 6.12. The molecule has 0 bridgehead atoms. The number of anilines is 2. The number of hydrogen-bond donors (Lipinski definition) is 1. The van der Waals surface area contributed by atoms with Gasteiger partial charge in [-0.05, 0) is 6.07 Å². The zero-order valence-corrected chi connectivity index (χ0v) is 11.6. The van der Waals surface area contributed by atoms with Crippen LogP contribution in [0.1, 0.15) is 0 Å². The zero-order chi connectivity index (χ0) is 15.6. The van der Waals surface area contributed by atoms with Crippen molar-refractivity contribution in [3.05, 3.63) is 17.9 Å². The molecule has 2 rings (SSSR count). The van der Waals surface area contributed by atoms with Crippen LogP contribution in [0.3, 0.4) is 0 Å². The molecule has 6 nitrogen and oxygen atoms in total. The number of terminal acetylenes is 1. The van der Waals surface area contributed by atoms with Crippen LogP contribution in [-0.2, 0) is 4.79 Å². The van der Waals surface area contributed by atoms with E-state index >= 15 is 0 Å². The number of nitrogens with zero attached hydrogens (tertiary/aromatic N) is 2. The molecule has 1 aliphatic rings. The summed E-state index contributed by atoms with van der Waals surface area (Å²) in [4.78, 5) is 26.0. The van der Waals surface area contributed by atoms with E-state index in [1.165, 1.54) is 30.0 Å². The Bertz CT molecular complexity index is 637. The SMILES string of the molecule is C#CCN1C(=O)COc2cc(F)c(NC(=O)N(C)C)cc21. The van der Waals surface area contributed by atoms with Gasteiger partial charge in [-0.25, -0.2) is 9.18 Å². The molecule has 0 atom stereocenters. The minimum Gasteiger partial charge on any atom is -0.481 e. The van der Waals surface area contributed by atoms with Crippen LogP contribution in [-0.4, -0.2) is 44.1 Å². The molecule has 21 heavy (non-hydrogen) atoms. The van der Waals surface area contributed by atoms with Crippen LogP contribution < -0.4 is 15.0 Å². The quantitative estimate of drug-likeness (QED) is 0.835. The monoisotopic (exact) mass is 291 g/mol. The molecule has 1 aromatic rings. The Morgan fingerprint density at radius 1 is 1.57 bits per heavy atom. The predicted molar refractivity (Wildman–Crippen MR) is 75.8 cm³/mol. The average molecular weight is 291 g/mol. The van der Waals surface area contributed by atoms with E-state index in [2.05, 4.69) is 11.2 Å². The highest BCUT2D eigenvalue weighted by molar-refractivity contribution is 5.99. The van der Waals surface area contributed by atoms with Crippen molar-refractivity contribution in [1.82, 2.24) is 4.90 Å². The van der Waals surface area contributed by atoms with Gasteiger partial charge in [0.15, 0.2) is 12.4 Å². The summed E-state index contributed by atoms with van der Waals surface area (Å²) in [6, 6.07) is 1.97. The van der Waals surface area contributed by atoms with E-state index in [1.807, 2.05) is 0 Å². The number of carbonyl (C=O) groups excluding carboxylic acids is 2. The van der Waals surface area contributed by atoms with E-state index in [-0.39, 0.29) is 30.5 Å². The minimum atomic E-state index is -0.654. The molecule has 7 heteroatoms. The molecule has 110 valence electrons. The van der Waals surface area contributed by atoms with Gasteiger partial charge < -0.3 is 15.0 Å². The van der Waals surface area contributed by atoms with Gasteiger partial charge in [-0.1, -0.05) is 5.92 Å². The predicted octanol–water partition coefficient (Wildman–Crippen LogP) is 1.28. The fourth-order valence-corrected chi connectivity index (χ4v) is 1.81. The van der Waals surface area contributed by atoms with Crippen molar-refractivity contribution in [2.45, 2.75) is 0 Å². The Labute approximate surface area is 121 Å². The Hall–Kier alpha value is -2.75. The number of fused-ring (bicyclic) bond motifs is 1. The van der Waals surface area contributed by atoms with Crippen LogP contribution in [0.4, 0.5) is 20.6 Å². The Morgan fingerprint density at radius 3 is 2.90 bits per heavy atom. The number of amides is 3. The third kappa shape index (κ3) is 2.89. The summed E-state index contributed by atoms with van der Waals surface area (Å²) in [5.74, 6) is 1.60. The molecule has 3 amide bonds. The fourth-order valence-electron chi connectivity index (χ4n) is 1.81. The lowest BCUT2D eigenvalue weighted by atomic mass is 10.2. The van der Waals surface area contributed by atoms with E-state index in [0.717, 1.165) is 6.07 Å². The molecular formula is C14H14FN3O3. The maximum atomic E-state index is 14.0. The number of rotatable bonds is 2. The van der Waals surface area contributed by atoms with Gasteiger partial charge in [-0.3, -0.25) is 9.69 Å². The van der Waals surface area contributed by atoms with Crippen molar-refractivity contribution in [1.29, 1.82) is 0 Å². The standard InChI is InChI=1S/C14H14FN3O3/c1-4-5-18-11-7-10(16-14(20)17(2)3)9(15)6-12(11)21-8-13(18)19/h1,6-7H,5,8H2,2-3H3,(H,16,20). The maximum absolute atomic E-state index is 14.0. The van der Waals surface area contributed by atoms with E-state index in [9.17, 15) is 14.0 Å². The third-order valence-electron chi connectivity index (χ3n) is 2.89. The second kappa shape index (κ2) is 5.71. The van der Waals surface area contributed by atoms with Crippen molar-refractivity contribution >= 4 is 23.3 Å². The van der Waals surface area contributed by atoms with Crippen molar-refractivity contribution in [3.8, 4) is 18.1 Å². The zero-order valence-electron chi connectivity index (χ0n) is 11.6. The first-order chi connectivity index (χ1) is 9.93. The molecule has 0 aliphatic carbocycles. The summed E-state index contributed by atoms with van der Waals surface area (Å²) in [6.45, 7) is -0.153. The molecule has 1 N–H and O–H groups in total. The van der Waals surface area contributed by atoms with Gasteiger partial charge in [0.2, 0.25) is 0 Å². The van der Waals surface area contributed by atoms with Crippen molar-refractivity contribution in [3.63, 3.8) is 0 Å². The minimum absolute atomic E-state index is 0.0435. The van der Waals surface area contributed by atoms with Gasteiger partial charge in [0.05, 0.1) is 17.9 Å². The van der Waals surface area contributed by atoms with Crippen LogP contribution in [0.2, 0.25) is 0 Å². The van der Waals surface area contributed by atoms with Crippen LogP contribution in [0.5, 0.6) is 5.75 Å². The Kier molecular flexibility index (Phi) is 3.98. The number of ether oxygens (including phenoxy) is 1. The number of carbonyl (C=O) groups is 2. The molecule has 0 radical (unpaired) electrons. The molecule has 1 aliphatic heterocycles. The fraction of sp³-hybridized carbons (Fsp3) is 0.286. The molecule has 1 heterocycles. The van der Waals surface area contributed by atoms with Crippen molar-refractivity contribution in [2.24, 2.45) is 0 Å². The lowest BCUT2D eigenvalue weighted by Crippen LogP contribution is -2.39. The average Bonchev–Trinajstić information content (AvgIpc) is 2.43. The molecule has 0 saturated heterocycles. The number of hydrogen-bond acceptors (Lipinski definition) is 3. The Morgan fingerprint density at radius 2 is 2.29 bits per heavy atom. The topological polar surface area (TPSA) is 61.9 Å².